The van der Waals surface area contributed by atoms with Crippen LogP contribution >= 0.6 is 0 Å². The fourth-order valence-corrected chi connectivity index (χ4v) is 4.60. The first kappa shape index (κ1) is 40.0. The average molecular weight is 677 g/mol. The van der Waals surface area contributed by atoms with Gasteiger partial charge in [-0.1, -0.05) is 33.8 Å². The van der Waals surface area contributed by atoms with Gasteiger partial charge in [-0.25, -0.2) is 4.79 Å². The van der Waals surface area contributed by atoms with E-state index in [1.54, 1.807) is 34.6 Å². The first-order valence-electron chi connectivity index (χ1n) is 15.5. The van der Waals surface area contributed by atoms with E-state index in [2.05, 4.69) is 0 Å². The lowest BCUT2D eigenvalue weighted by atomic mass is 9.98. The Hall–Kier alpha value is -3.15. The average Bonchev–Trinajstić information content (AvgIpc) is 3.25. The minimum absolute atomic E-state index is 0.0341. The molecule has 2 heterocycles. The van der Waals surface area contributed by atoms with Crippen LogP contribution < -0.4 is 0 Å². The fourth-order valence-electron chi connectivity index (χ4n) is 4.60. The van der Waals surface area contributed by atoms with Crippen LogP contribution in [0, 0.1) is 11.8 Å². The summed E-state index contributed by atoms with van der Waals surface area (Å²) in [5.41, 5.74) is 0.125. The summed E-state index contributed by atoms with van der Waals surface area (Å²) in [6.07, 6.45) is -11.7. The third kappa shape index (κ3) is 10.9. The normalized spacial score (nSPS) is 31.5. The number of aliphatic hydroxyl groups is 3. The minimum Gasteiger partial charge on any atom is -0.463 e. The summed E-state index contributed by atoms with van der Waals surface area (Å²) in [4.78, 5) is 61.4. The molecule has 3 N–H and O–H groups in total. The predicted molar refractivity (Wildman–Crippen MR) is 158 cm³/mol. The van der Waals surface area contributed by atoms with E-state index in [1.807, 2.05) is 0 Å². The van der Waals surface area contributed by atoms with Gasteiger partial charge < -0.3 is 53.2 Å². The third-order valence-corrected chi connectivity index (χ3v) is 7.60. The zero-order valence-corrected chi connectivity index (χ0v) is 28.0. The molecule has 10 atom stereocenters. The topological polar surface area (TPSA) is 220 Å². The molecule has 47 heavy (non-hydrogen) atoms. The van der Waals surface area contributed by atoms with E-state index < -0.39 is 110 Å². The Labute approximate surface area is 273 Å². The molecule has 0 radical (unpaired) electrons. The van der Waals surface area contributed by atoms with Crippen LogP contribution in [-0.2, 0) is 61.9 Å². The smallest absolute Gasteiger partial charge is 0.333 e. The molecule has 0 spiro atoms. The maximum atomic E-state index is 12.8. The molecule has 0 amide bonds. The van der Waals surface area contributed by atoms with Crippen molar-refractivity contribution >= 4 is 29.8 Å². The highest BCUT2D eigenvalue weighted by Gasteiger charge is 2.62. The van der Waals surface area contributed by atoms with Gasteiger partial charge in [-0.3, -0.25) is 19.2 Å². The van der Waals surface area contributed by atoms with Crippen LogP contribution in [0.1, 0.15) is 68.2 Å². The monoisotopic (exact) mass is 676 g/mol. The van der Waals surface area contributed by atoms with Crippen molar-refractivity contribution in [3.8, 4) is 0 Å². The van der Waals surface area contributed by atoms with Crippen molar-refractivity contribution in [1.82, 2.24) is 0 Å². The van der Waals surface area contributed by atoms with Crippen LogP contribution in [0.25, 0.3) is 0 Å². The second kappa shape index (κ2) is 17.8. The highest BCUT2D eigenvalue weighted by Crippen LogP contribution is 2.39. The lowest BCUT2D eigenvalue weighted by Gasteiger charge is -2.44. The molecule has 2 aliphatic rings. The minimum atomic E-state index is -2.45. The molecule has 0 aliphatic carbocycles. The van der Waals surface area contributed by atoms with Gasteiger partial charge in [-0.05, 0) is 26.2 Å². The standard InChI is InChI=1S/C31H48O16/c1-9-16(5)28(38)41-13-21-25(43-19(8)33)27(37)31(46-21,14-42-22(34)11-15(3)4)47-30-26(45-29(39)17(6)10-2)24(36)23(35)20(44-30)12-40-18(7)32/h10,15-16,20-21,23-27,30,35-37H,9,11-14H2,1-8H3/b17-10+/t16-,20+,21+,23+,24-,25+,26+,27-,30+,31-/m0/s1. The Morgan fingerprint density at radius 2 is 1.49 bits per heavy atom. The number of rotatable bonds is 15. The number of esters is 5. The molecule has 16 nitrogen and oxygen atoms in total. The summed E-state index contributed by atoms with van der Waals surface area (Å²) in [7, 11) is 0. The number of carbonyl (C=O) groups excluding carboxylic acids is 5. The second-order valence-corrected chi connectivity index (χ2v) is 12.0. The van der Waals surface area contributed by atoms with Gasteiger partial charge in [0.25, 0.3) is 0 Å². The molecule has 0 bridgehead atoms. The highest BCUT2D eigenvalue weighted by molar-refractivity contribution is 5.87. The predicted octanol–water partition coefficient (Wildman–Crippen LogP) is 0.457. The molecule has 0 aromatic heterocycles. The van der Waals surface area contributed by atoms with Crippen LogP contribution in [0.4, 0.5) is 0 Å². The van der Waals surface area contributed by atoms with Crippen molar-refractivity contribution in [2.75, 3.05) is 19.8 Å². The lowest BCUT2D eigenvalue weighted by molar-refractivity contribution is -0.384. The second-order valence-electron chi connectivity index (χ2n) is 12.0. The Bertz CT molecular complexity index is 1140. The van der Waals surface area contributed by atoms with Crippen LogP contribution in [0.5, 0.6) is 0 Å². The van der Waals surface area contributed by atoms with Gasteiger partial charge in [0, 0.05) is 25.8 Å². The van der Waals surface area contributed by atoms with E-state index in [0.29, 0.717) is 6.42 Å². The maximum Gasteiger partial charge on any atom is 0.333 e. The van der Waals surface area contributed by atoms with Crippen LogP contribution in [0.3, 0.4) is 0 Å². The summed E-state index contributed by atoms with van der Waals surface area (Å²) < 4.78 is 44.4. The zero-order chi connectivity index (χ0) is 35.6. The fraction of sp³-hybridized carbons (Fsp3) is 0.774. The largest absolute Gasteiger partial charge is 0.463 e. The van der Waals surface area contributed by atoms with Crippen LogP contribution in [-0.4, -0.2) is 120 Å². The molecule has 2 rings (SSSR count). The van der Waals surface area contributed by atoms with Crippen molar-refractivity contribution in [3.63, 3.8) is 0 Å². The molecule has 2 saturated heterocycles. The molecule has 268 valence electrons. The summed E-state index contributed by atoms with van der Waals surface area (Å²) in [6.45, 7) is 10.2. The van der Waals surface area contributed by atoms with Crippen molar-refractivity contribution in [3.05, 3.63) is 11.6 Å². The molecule has 2 aliphatic heterocycles. The number of allylic oxidation sites excluding steroid dienone is 1. The zero-order valence-electron chi connectivity index (χ0n) is 28.0. The first-order valence-corrected chi connectivity index (χ1v) is 15.5. The molecule has 16 heteroatoms. The van der Waals surface area contributed by atoms with E-state index in [0.717, 1.165) is 13.8 Å². The quantitative estimate of drug-likeness (QED) is 0.122. The first-order chi connectivity index (χ1) is 22.0. The number of hydrogen-bond donors (Lipinski definition) is 3. The summed E-state index contributed by atoms with van der Waals surface area (Å²) in [6, 6.07) is 0. The maximum absolute atomic E-state index is 12.8. The lowest BCUT2D eigenvalue weighted by Crippen LogP contribution is -2.64. The molecule has 0 aromatic rings. The van der Waals surface area contributed by atoms with Crippen LogP contribution in [0.2, 0.25) is 0 Å². The Morgan fingerprint density at radius 1 is 0.851 bits per heavy atom. The molecular formula is C31H48O16. The van der Waals surface area contributed by atoms with Gasteiger partial charge in [-0.2, -0.15) is 0 Å². The van der Waals surface area contributed by atoms with Gasteiger partial charge >= 0.3 is 29.8 Å². The van der Waals surface area contributed by atoms with E-state index in [-0.39, 0.29) is 17.9 Å². The summed E-state index contributed by atoms with van der Waals surface area (Å²) in [5.74, 6) is -6.85. The summed E-state index contributed by atoms with van der Waals surface area (Å²) in [5, 5.41) is 33.4. The number of aliphatic hydroxyl groups excluding tert-OH is 3. The van der Waals surface area contributed by atoms with Crippen molar-refractivity contribution < 1.29 is 77.2 Å². The third-order valence-electron chi connectivity index (χ3n) is 7.60. The van der Waals surface area contributed by atoms with Gasteiger partial charge in [0.2, 0.25) is 12.1 Å². The Kier molecular flexibility index (Phi) is 15.2. The van der Waals surface area contributed by atoms with Gasteiger partial charge in [0.1, 0.15) is 44.2 Å². The summed E-state index contributed by atoms with van der Waals surface area (Å²) >= 11 is 0. The Morgan fingerprint density at radius 3 is 2.04 bits per heavy atom. The molecule has 0 unspecified atom stereocenters. The van der Waals surface area contributed by atoms with E-state index in [9.17, 15) is 39.3 Å². The van der Waals surface area contributed by atoms with E-state index in [1.165, 1.54) is 13.0 Å². The van der Waals surface area contributed by atoms with Crippen molar-refractivity contribution in [2.24, 2.45) is 11.8 Å². The van der Waals surface area contributed by atoms with E-state index in [4.69, 9.17) is 37.9 Å². The van der Waals surface area contributed by atoms with Crippen LogP contribution in [0.15, 0.2) is 11.6 Å². The van der Waals surface area contributed by atoms with Crippen molar-refractivity contribution in [1.29, 1.82) is 0 Å². The molecule has 2 fully saturated rings. The van der Waals surface area contributed by atoms with Crippen molar-refractivity contribution in [2.45, 2.75) is 123 Å². The number of carbonyl (C=O) groups is 5. The highest BCUT2D eigenvalue weighted by atomic mass is 16.8. The number of hydrogen-bond acceptors (Lipinski definition) is 16. The number of ether oxygens (including phenoxy) is 8. The van der Waals surface area contributed by atoms with Gasteiger partial charge in [0.05, 0.1) is 5.92 Å². The molecule has 0 aromatic carbocycles. The van der Waals surface area contributed by atoms with Gasteiger partial charge in [-0.15, -0.1) is 0 Å². The SMILES string of the molecule is C/C=C(\C)C(=O)O[C@H]1[C@@H](O[C@]2(COC(=O)CC(C)C)O[C@H](COC(=O)[C@@H](C)CC)[C@@H](OC(C)=O)[C@@H]2O)O[C@H](COC(C)=O)[C@@H](O)[C@@H]1O. The van der Waals surface area contributed by atoms with E-state index >= 15 is 0 Å². The molecule has 0 saturated carbocycles. The Balaban J connectivity index is 2.58. The van der Waals surface area contributed by atoms with Gasteiger partial charge in [0.15, 0.2) is 18.3 Å². The molecular weight excluding hydrogens is 628 g/mol.